The van der Waals surface area contributed by atoms with Gasteiger partial charge in [0.25, 0.3) is 0 Å². The summed E-state index contributed by atoms with van der Waals surface area (Å²) in [6.07, 6.45) is 6.38. The second-order valence-corrected chi connectivity index (χ2v) is 4.21. The molecule has 0 amide bonds. The highest BCUT2D eigenvalue weighted by Crippen LogP contribution is 2.22. The molecule has 0 fully saturated rings. The number of allylic oxidation sites excluding steroid dienone is 1. The van der Waals surface area contributed by atoms with Crippen LogP contribution in [0.25, 0.3) is 16.2 Å². The Balaban J connectivity index is 2.25. The summed E-state index contributed by atoms with van der Waals surface area (Å²) in [6, 6.07) is 8.74. The fourth-order valence-electron chi connectivity index (χ4n) is 1.43. The number of fused-ring (bicyclic) bond motifs is 1. The monoisotopic (exact) mass is 201 g/mol. The molecule has 1 heterocycles. The summed E-state index contributed by atoms with van der Waals surface area (Å²) in [7, 11) is 0. The average Bonchev–Trinajstić information content (AvgIpc) is 2.65. The first-order valence-corrected chi connectivity index (χ1v) is 5.71. The molecule has 1 aromatic carbocycles. The summed E-state index contributed by atoms with van der Waals surface area (Å²) in [5.41, 5.74) is 1.28. The van der Waals surface area contributed by atoms with Gasteiger partial charge in [-0.1, -0.05) is 25.1 Å². The second-order valence-electron chi connectivity index (χ2n) is 3.26. The van der Waals surface area contributed by atoms with Crippen molar-refractivity contribution in [3.8, 4) is 0 Å². The highest BCUT2D eigenvalue weighted by atomic mass is 32.1. The Morgan fingerprint density at radius 1 is 1.29 bits per heavy atom. The maximum atomic E-state index is 3.81. The van der Waals surface area contributed by atoms with Crippen molar-refractivity contribution in [3.63, 3.8) is 0 Å². The number of thiophene rings is 1. The van der Waals surface area contributed by atoms with Gasteiger partial charge < -0.3 is 0 Å². The molecule has 1 aromatic heterocycles. The van der Waals surface area contributed by atoms with Crippen LogP contribution in [0, 0.1) is 6.92 Å². The van der Waals surface area contributed by atoms with Gasteiger partial charge in [-0.05, 0) is 47.4 Å². The first kappa shape index (κ1) is 9.47. The standard InChI is InChI=1S/C13H13S/c1-2-3-4-5-11-6-7-13-12(10-11)8-9-14-13/h4-10H,1-3H2. The lowest BCUT2D eigenvalue weighted by molar-refractivity contribution is 1.06. The van der Waals surface area contributed by atoms with Crippen LogP contribution in [0.15, 0.2) is 35.7 Å². The lowest BCUT2D eigenvalue weighted by Gasteiger charge is -1.93. The molecule has 0 bridgehead atoms. The first-order chi connectivity index (χ1) is 6.90. The molecule has 0 saturated heterocycles. The molecule has 0 spiro atoms. The minimum atomic E-state index is 0.969. The molecule has 0 unspecified atom stereocenters. The number of hydrogen-bond acceptors (Lipinski definition) is 1. The van der Waals surface area contributed by atoms with Crippen LogP contribution in [0.1, 0.15) is 18.4 Å². The third kappa shape index (κ3) is 2.05. The largest absolute Gasteiger partial charge is 0.144 e. The van der Waals surface area contributed by atoms with Crippen molar-refractivity contribution in [2.24, 2.45) is 0 Å². The predicted molar refractivity (Wildman–Crippen MR) is 65.5 cm³/mol. The average molecular weight is 201 g/mol. The molecule has 0 saturated carbocycles. The summed E-state index contributed by atoms with van der Waals surface area (Å²) >= 11 is 1.79. The smallest absolute Gasteiger partial charge is 0.0343 e. The Morgan fingerprint density at radius 3 is 3.07 bits per heavy atom. The third-order valence-electron chi connectivity index (χ3n) is 2.16. The van der Waals surface area contributed by atoms with Crippen LogP contribution >= 0.6 is 11.3 Å². The summed E-state index contributed by atoms with van der Waals surface area (Å²) in [6.45, 7) is 3.81. The lowest BCUT2D eigenvalue weighted by Crippen LogP contribution is -1.70. The normalized spacial score (nSPS) is 11.5. The van der Waals surface area contributed by atoms with Gasteiger partial charge in [-0.3, -0.25) is 0 Å². The second kappa shape index (κ2) is 4.43. The van der Waals surface area contributed by atoms with Gasteiger partial charge in [-0.2, -0.15) is 0 Å². The highest BCUT2D eigenvalue weighted by Gasteiger charge is 1.94. The molecule has 1 heteroatoms. The molecule has 0 N–H and O–H groups in total. The van der Waals surface area contributed by atoms with Gasteiger partial charge in [-0.15, -0.1) is 11.3 Å². The molecule has 2 rings (SSSR count). The Hall–Kier alpha value is -1.08. The van der Waals surface area contributed by atoms with Crippen molar-refractivity contribution in [3.05, 3.63) is 48.2 Å². The molecular formula is C13H13S. The van der Waals surface area contributed by atoms with Crippen molar-refractivity contribution >= 4 is 27.5 Å². The SMILES string of the molecule is [CH2]CCC=Cc1ccc2sccc2c1. The fraction of sp³-hybridized carbons (Fsp3) is 0.154. The quantitative estimate of drug-likeness (QED) is 0.684. The van der Waals surface area contributed by atoms with E-state index < -0.39 is 0 Å². The van der Waals surface area contributed by atoms with Crippen molar-refractivity contribution in [1.29, 1.82) is 0 Å². The molecule has 0 aliphatic heterocycles. The van der Waals surface area contributed by atoms with Crippen LogP contribution < -0.4 is 0 Å². The zero-order valence-electron chi connectivity index (χ0n) is 8.07. The van der Waals surface area contributed by atoms with Gasteiger partial charge in [0.05, 0.1) is 0 Å². The van der Waals surface area contributed by atoms with Crippen LogP contribution in [-0.4, -0.2) is 0 Å². The molecule has 2 aromatic rings. The molecule has 14 heavy (non-hydrogen) atoms. The van der Waals surface area contributed by atoms with E-state index in [1.165, 1.54) is 15.6 Å². The van der Waals surface area contributed by atoms with Gasteiger partial charge in [0, 0.05) is 4.70 Å². The maximum Gasteiger partial charge on any atom is 0.0343 e. The van der Waals surface area contributed by atoms with Crippen LogP contribution in [0.4, 0.5) is 0 Å². The van der Waals surface area contributed by atoms with E-state index >= 15 is 0 Å². The Bertz CT molecular complexity index is 437. The van der Waals surface area contributed by atoms with Crippen LogP contribution in [0.2, 0.25) is 0 Å². The fourth-order valence-corrected chi connectivity index (χ4v) is 2.20. The van der Waals surface area contributed by atoms with E-state index in [0.29, 0.717) is 0 Å². The third-order valence-corrected chi connectivity index (χ3v) is 3.06. The maximum absolute atomic E-state index is 3.81. The van der Waals surface area contributed by atoms with Crippen LogP contribution in [0.3, 0.4) is 0 Å². The summed E-state index contributed by atoms with van der Waals surface area (Å²) in [5, 5.41) is 3.47. The molecular weight excluding hydrogens is 188 g/mol. The summed E-state index contributed by atoms with van der Waals surface area (Å²) in [4.78, 5) is 0. The summed E-state index contributed by atoms with van der Waals surface area (Å²) in [5.74, 6) is 0. The molecule has 0 nitrogen and oxygen atoms in total. The van der Waals surface area contributed by atoms with Crippen molar-refractivity contribution in [2.45, 2.75) is 12.8 Å². The van der Waals surface area contributed by atoms with Crippen molar-refractivity contribution in [2.75, 3.05) is 0 Å². The minimum absolute atomic E-state index is 0.969. The van der Waals surface area contributed by atoms with Gasteiger partial charge >= 0.3 is 0 Å². The number of unbranched alkanes of at least 4 members (excludes halogenated alkanes) is 1. The molecule has 0 atom stereocenters. The number of rotatable bonds is 3. The molecule has 71 valence electrons. The molecule has 1 radical (unpaired) electrons. The van der Waals surface area contributed by atoms with Crippen LogP contribution in [0.5, 0.6) is 0 Å². The van der Waals surface area contributed by atoms with Gasteiger partial charge in [0.1, 0.15) is 0 Å². The van der Waals surface area contributed by atoms with Crippen LogP contribution in [-0.2, 0) is 0 Å². The van der Waals surface area contributed by atoms with E-state index in [-0.39, 0.29) is 0 Å². The van der Waals surface area contributed by atoms with E-state index in [1.807, 2.05) is 0 Å². The van der Waals surface area contributed by atoms with E-state index in [1.54, 1.807) is 11.3 Å². The molecule has 0 aliphatic carbocycles. The topological polar surface area (TPSA) is 0 Å². The zero-order chi connectivity index (χ0) is 9.80. The minimum Gasteiger partial charge on any atom is -0.144 e. The zero-order valence-corrected chi connectivity index (χ0v) is 8.89. The van der Waals surface area contributed by atoms with E-state index in [2.05, 4.69) is 48.7 Å². The summed E-state index contributed by atoms with van der Waals surface area (Å²) < 4.78 is 1.36. The number of benzene rings is 1. The number of hydrogen-bond donors (Lipinski definition) is 0. The van der Waals surface area contributed by atoms with Gasteiger partial charge in [0.2, 0.25) is 0 Å². The lowest BCUT2D eigenvalue weighted by atomic mass is 10.1. The van der Waals surface area contributed by atoms with Gasteiger partial charge in [-0.25, -0.2) is 0 Å². The Morgan fingerprint density at radius 2 is 2.21 bits per heavy atom. The van der Waals surface area contributed by atoms with Crippen molar-refractivity contribution < 1.29 is 0 Å². The van der Waals surface area contributed by atoms with E-state index in [9.17, 15) is 0 Å². The first-order valence-electron chi connectivity index (χ1n) is 4.83. The molecule has 0 aliphatic rings. The Kier molecular flexibility index (Phi) is 3.00. The van der Waals surface area contributed by atoms with Crippen molar-refractivity contribution in [1.82, 2.24) is 0 Å². The van der Waals surface area contributed by atoms with Gasteiger partial charge in [0.15, 0.2) is 0 Å². The van der Waals surface area contributed by atoms with E-state index in [4.69, 9.17) is 0 Å². The van der Waals surface area contributed by atoms with E-state index in [0.717, 1.165) is 12.8 Å². The predicted octanol–water partition coefficient (Wildman–Crippen LogP) is 4.53. The highest BCUT2D eigenvalue weighted by molar-refractivity contribution is 7.17. The Labute approximate surface area is 88.9 Å².